The van der Waals surface area contributed by atoms with Crippen molar-refractivity contribution >= 4 is 5.57 Å². The van der Waals surface area contributed by atoms with Gasteiger partial charge >= 0.3 is 0 Å². The second-order valence-corrected chi connectivity index (χ2v) is 10.1. The molecule has 38 heavy (non-hydrogen) atoms. The van der Waals surface area contributed by atoms with Crippen molar-refractivity contribution in [1.29, 1.82) is 0 Å². The summed E-state index contributed by atoms with van der Waals surface area (Å²) in [6, 6.07) is 7.62. The molecule has 2 N–H and O–H groups in total. The Hall–Kier alpha value is -3.03. The third-order valence-electron chi connectivity index (χ3n) is 7.56. The van der Waals surface area contributed by atoms with E-state index in [4.69, 9.17) is 9.47 Å². The van der Waals surface area contributed by atoms with Crippen LogP contribution in [0.2, 0.25) is 0 Å². The minimum atomic E-state index is -1.39. The van der Waals surface area contributed by atoms with Crippen LogP contribution >= 0.6 is 0 Å². The second-order valence-electron chi connectivity index (χ2n) is 10.1. The van der Waals surface area contributed by atoms with Gasteiger partial charge in [-0.3, -0.25) is 0 Å². The first kappa shape index (κ1) is 28.0. The summed E-state index contributed by atoms with van der Waals surface area (Å²) in [4.78, 5) is 0. The van der Waals surface area contributed by atoms with Crippen molar-refractivity contribution in [2.45, 2.75) is 63.8 Å². The zero-order chi connectivity index (χ0) is 27.2. The van der Waals surface area contributed by atoms with Gasteiger partial charge in [0.2, 0.25) is 12.1 Å². The molecular weight excluding hydrogens is 493 g/mol. The van der Waals surface area contributed by atoms with Crippen LogP contribution in [0.3, 0.4) is 0 Å². The van der Waals surface area contributed by atoms with Gasteiger partial charge in [-0.2, -0.15) is 4.39 Å². The first-order valence-electron chi connectivity index (χ1n) is 13.2. The minimum Gasteiger partial charge on any atom is -0.490 e. The Labute approximate surface area is 222 Å². The van der Waals surface area contributed by atoms with Gasteiger partial charge in [0.05, 0.1) is 12.7 Å². The van der Waals surface area contributed by atoms with E-state index in [1.165, 1.54) is 18.2 Å². The van der Waals surface area contributed by atoms with Crippen LogP contribution in [-0.2, 0) is 0 Å². The van der Waals surface area contributed by atoms with E-state index < -0.39 is 35.8 Å². The van der Waals surface area contributed by atoms with E-state index >= 15 is 0 Å². The van der Waals surface area contributed by atoms with Crippen molar-refractivity contribution in [2.24, 2.45) is 11.8 Å². The summed E-state index contributed by atoms with van der Waals surface area (Å²) in [7, 11) is 0. The van der Waals surface area contributed by atoms with E-state index in [9.17, 15) is 23.4 Å². The van der Waals surface area contributed by atoms with Gasteiger partial charge in [-0.05, 0) is 92.2 Å². The maximum absolute atomic E-state index is 14.9. The van der Waals surface area contributed by atoms with Crippen LogP contribution in [0.25, 0.3) is 5.57 Å². The largest absolute Gasteiger partial charge is 0.490 e. The molecule has 0 spiro atoms. The van der Waals surface area contributed by atoms with Crippen LogP contribution in [0.4, 0.5) is 13.2 Å². The number of halogens is 3. The predicted octanol–water partition coefficient (Wildman–Crippen LogP) is 7.07. The van der Waals surface area contributed by atoms with Gasteiger partial charge < -0.3 is 19.7 Å². The Bertz CT molecular complexity index is 1180. The molecule has 3 atom stereocenters. The van der Waals surface area contributed by atoms with Crippen molar-refractivity contribution in [3.63, 3.8) is 0 Å². The molecule has 0 aliphatic heterocycles. The van der Waals surface area contributed by atoms with E-state index in [1.54, 1.807) is 37.3 Å². The molecule has 3 unspecified atom stereocenters. The third-order valence-corrected chi connectivity index (χ3v) is 7.56. The molecule has 0 aromatic heterocycles. The van der Waals surface area contributed by atoms with Gasteiger partial charge in [0, 0.05) is 5.92 Å². The van der Waals surface area contributed by atoms with E-state index in [1.807, 2.05) is 6.08 Å². The van der Waals surface area contributed by atoms with E-state index in [0.29, 0.717) is 43.4 Å². The average molecular weight is 529 g/mol. The Morgan fingerprint density at radius 2 is 1.76 bits per heavy atom. The third kappa shape index (κ3) is 6.51. The van der Waals surface area contributed by atoms with Crippen molar-refractivity contribution in [1.82, 2.24) is 0 Å². The van der Waals surface area contributed by atoms with Crippen molar-refractivity contribution in [3.05, 3.63) is 89.8 Å². The van der Waals surface area contributed by atoms with Gasteiger partial charge in [-0.25, -0.2) is 8.78 Å². The summed E-state index contributed by atoms with van der Waals surface area (Å²) < 4.78 is 55.0. The lowest BCUT2D eigenvalue weighted by Crippen LogP contribution is -2.26. The number of hydrogen-bond acceptors (Lipinski definition) is 4. The maximum Gasteiger partial charge on any atom is 0.204 e. The molecule has 7 heteroatoms. The quantitative estimate of drug-likeness (QED) is 0.197. The average Bonchev–Trinajstić information content (AvgIpc) is 2.92. The van der Waals surface area contributed by atoms with Crippen LogP contribution < -0.4 is 9.47 Å². The molecule has 2 aromatic carbocycles. The minimum absolute atomic E-state index is 0.110. The van der Waals surface area contributed by atoms with Crippen LogP contribution in [0.1, 0.15) is 62.5 Å². The molecule has 0 radical (unpaired) electrons. The predicted molar refractivity (Wildman–Crippen MR) is 141 cm³/mol. The van der Waals surface area contributed by atoms with E-state index in [0.717, 1.165) is 18.4 Å². The molecule has 0 heterocycles. The summed E-state index contributed by atoms with van der Waals surface area (Å²) in [6.45, 7) is 5.72. The zero-order valence-electron chi connectivity index (χ0n) is 21.6. The fourth-order valence-electron chi connectivity index (χ4n) is 5.20. The second kappa shape index (κ2) is 12.7. The molecule has 0 amide bonds. The summed E-state index contributed by atoms with van der Waals surface area (Å²) in [5, 5.41) is 20.4. The number of ether oxygens (including phenoxy) is 2. The van der Waals surface area contributed by atoms with Gasteiger partial charge in [0.25, 0.3) is 0 Å². The monoisotopic (exact) mass is 528 g/mol. The van der Waals surface area contributed by atoms with Crippen LogP contribution in [0.5, 0.6) is 11.5 Å². The number of aliphatic hydroxyl groups excluding tert-OH is 2. The number of benzene rings is 2. The molecule has 2 aliphatic carbocycles. The van der Waals surface area contributed by atoms with Gasteiger partial charge in [0.1, 0.15) is 0 Å². The molecule has 2 aromatic rings. The normalized spacial score (nSPS) is 22.9. The molecule has 0 saturated heterocycles. The fraction of sp³-hybridized carbons (Fsp3) is 0.419. The molecule has 204 valence electrons. The molecule has 4 rings (SSSR count). The van der Waals surface area contributed by atoms with E-state index in [-0.39, 0.29) is 23.3 Å². The smallest absolute Gasteiger partial charge is 0.204 e. The lowest BCUT2D eigenvalue weighted by atomic mass is 9.77. The molecule has 1 fully saturated rings. The van der Waals surface area contributed by atoms with E-state index in [2.05, 4.69) is 6.58 Å². The van der Waals surface area contributed by atoms with Crippen LogP contribution in [-0.4, -0.2) is 29.2 Å². The highest BCUT2D eigenvalue weighted by Gasteiger charge is 2.29. The fourth-order valence-corrected chi connectivity index (χ4v) is 5.20. The van der Waals surface area contributed by atoms with Gasteiger partial charge in [-0.15, -0.1) is 6.58 Å². The molecule has 4 nitrogen and oxygen atoms in total. The van der Waals surface area contributed by atoms with Crippen LogP contribution in [0.15, 0.2) is 61.2 Å². The molecule has 2 aliphatic rings. The Morgan fingerprint density at radius 1 is 1.03 bits per heavy atom. The first-order valence-corrected chi connectivity index (χ1v) is 13.2. The van der Waals surface area contributed by atoms with Crippen LogP contribution in [0, 0.1) is 29.3 Å². The van der Waals surface area contributed by atoms with Crippen molar-refractivity contribution in [2.75, 3.05) is 6.61 Å². The molecule has 0 bridgehead atoms. The molecular formula is C31H35F3O4. The maximum atomic E-state index is 14.9. The highest BCUT2D eigenvalue weighted by molar-refractivity contribution is 5.75. The standard InChI is InChI=1S/C31H35F3O4/c1-3-4-17-37-27-15-13-24(18-26(27)32)21-7-11-23(12-8-21)31(36)38-28-16-14-25(29(33)30(28)34)22-9-5-20(6-10-22)19(2)35/h3,7-8,11,13-16,18-20,22-23,31,35-36H,1,4-6,9-10,12,17H2,2H3. The Kier molecular flexibility index (Phi) is 9.34. The summed E-state index contributed by atoms with van der Waals surface area (Å²) >= 11 is 0. The number of allylic oxidation sites excluding steroid dienone is 3. The SMILES string of the molecule is C=CCCOc1ccc(C2=CCC(C(O)Oc3ccc(C4CCC(C(C)O)CC4)c(F)c3F)C=C2)cc1F. The number of hydrogen-bond donors (Lipinski definition) is 2. The summed E-state index contributed by atoms with van der Waals surface area (Å²) in [5.41, 5.74) is 1.75. The lowest BCUT2D eigenvalue weighted by molar-refractivity contribution is -0.0501. The summed E-state index contributed by atoms with van der Waals surface area (Å²) in [5.74, 6) is -3.10. The lowest BCUT2D eigenvalue weighted by Gasteiger charge is -2.30. The number of rotatable bonds is 10. The highest BCUT2D eigenvalue weighted by Crippen LogP contribution is 2.40. The van der Waals surface area contributed by atoms with Crippen molar-refractivity contribution in [3.8, 4) is 11.5 Å². The molecule has 1 saturated carbocycles. The Morgan fingerprint density at radius 3 is 2.39 bits per heavy atom. The number of aliphatic hydroxyl groups is 2. The van der Waals surface area contributed by atoms with Gasteiger partial charge in [0.15, 0.2) is 23.1 Å². The Balaban J connectivity index is 1.36. The van der Waals surface area contributed by atoms with Crippen molar-refractivity contribution < 1.29 is 32.9 Å². The highest BCUT2D eigenvalue weighted by atomic mass is 19.2. The summed E-state index contributed by atoms with van der Waals surface area (Å²) in [6.07, 6.45) is 9.12. The zero-order valence-corrected chi connectivity index (χ0v) is 21.6. The topological polar surface area (TPSA) is 58.9 Å². The van der Waals surface area contributed by atoms with Gasteiger partial charge in [-0.1, -0.05) is 36.4 Å². The first-order chi connectivity index (χ1) is 18.3.